The molecule has 104 heavy (non-hydrogen) atoms. The molecule has 2 aliphatic carbocycles. The molecule has 0 bridgehead atoms. The normalized spacial score (nSPS) is 21.7. The third-order valence-corrected chi connectivity index (χ3v) is 26.5. The quantitative estimate of drug-likeness (QED) is 0.0233. The number of nitrogens with zero attached hydrogens (tertiary/aromatic N) is 1. The van der Waals surface area contributed by atoms with Crippen molar-refractivity contribution in [2.45, 2.75) is 344 Å². The number of rotatable bonds is 40. The maximum absolute atomic E-state index is 16.0. The molecule has 2 heterocycles. The van der Waals surface area contributed by atoms with Crippen LogP contribution in [0.2, 0.25) is 0 Å². The molecule has 2 fully saturated rings. The lowest BCUT2D eigenvalue weighted by Gasteiger charge is -2.50. The number of H-pyrrole nitrogens is 1. The van der Waals surface area contributed by atoms with Gasteiger partial charge in [0.25, 0.3) is 0 Å². The number of unbranched alkanes of at least 4 members (excludes halogenated alkanes) is 9. The van der Waals surface area contributed by atoms with Crippen molar-refractivity contribution in [1.82, 2.24) is 10.3 Å². The first-order valence-corrected chi connectivity index (χ1v) is 42.7. The Labute approximate surface area is 638 Å². The van der Waals surface area contributed by atoms with Gasteiger partial charge >= 0.3 is 29.8 Å². The van der Waals surface area contributed by atoms with Crippen LogP contribution >= 0.6 is 23.5 Å². The summed E-state index contributed by atoms with van der Waals surface area (Å²) in [6, 6.07) is 0. The van der Waals surface area contributed by atoms with Crippen LogP contribution < -0.4 is 10.6 Å². The molecule has 2 amide bonds. The minimum atomic E-state index is -1.21. The van der Waals surface area contributed by atoms with Crippen molar-refractivity contribution in [1.29, 1.82) is 0 Å². The summed E-state index contributed by atoms with van der Waals surface area (Å²) in [5, 5.41) is 24.7. The van der Waals surface area contributed by atoms with Gasteiger partial charge in [-0.25, -0.2) is 14.6 Å². The van der Waals surface area contributed by atoms with Crippen LogP contribution in [-0.2, 0) is 43.0 Å². The number of allylic oxidation sites excluding steroid dienone is 1. The van der Waals surface area contributed by atoms with Crippen LogP contribution in [0.3, 0.4) is 0 Å². The Morgan fingerprint density at radius 2 is 1.02 bits per heavy atom. The highest BCUT2D eigenvalue weighted by Gasteiger charge is 2.52. The number of nitrogens with one attached hydrogen (secondary N) is 3. The fourth-order valence-corrected chi connectivity index (χ4v) is 18.9. The first-order chi connectivity index (χ1) is 48.3. The van der Waals surface area contributed by atoms with Crippen molar-refractivity contribution in [2.75, 3.05) is 29.2 Å². The number of hydrogen-bond donors (Lipinski definition) is 5. The first kappa shape index (κ1) is 91.8. The molecule has 4 rings (SSSR count). The van der Waals surface area contributed by atoms with Crippen molar-refractivity contribution in [3.63, 3.8) is 0 Å². The number of carboxylic acids is 2. The molecule has 0 aromatic carbocycles. The van der Waals surface area contributed by atoms with E-state index in [9.17, 15) is 24.6 Å². The van der Waals surface area contributed by atoms with Gasteiger partial charge in [-0.05, 0) is 171 Å². The number of carbonyl (C=O) groups excluding carboxylic acids is 5. The SMILES string of the molecule is CCCCCCCCCCCCSCC(C)(C)C(=O)OCCCC(CC)(CC)C(=O)NC1=NC(=Cc2[nH]c(NC(=O)C(CC)(CC)CCCSC(CC(=O)O)C(=O)O)c(C(=O)OC3C(C(C)(C)C)CC(C)CC3C(C)(C)C)c2C(C)C)C(C(C)C)=C1C(=O)OC1C(C(C)(C)C)CC(C)CC1C(C)(C)C. The minimum absolute atomic E-state index is 0.00201. The van der Waals surface area contributed by atoms with Crippen molar-refractivity contribution in [2.24, 2.45) is 84.3 Å². The van der Waals surface area contributed by atoms with E-state index in [2.05, 4.69) is 119 Å². The van der Waals surface area contributed by atoms with Crippen LogP contribution in [0.15, 0.2) is 21.8 Å². The number of ether oxygens (including phenoxy) is 3. The van der Waals surface area contributed by atoms with E-state index in [1.54, 1.807) is 11.8 Å². The molecule has 0 spiro atoms. The molecular formula is C86H146N4O12S2. The second kappa shape index (κ2) is 40.2. The molecule has 5 N–H and O–H groups in total. The van der Waals surface area contributed by atoms with Gasteiger partial charge in [0, 0.05) is 45.9 Å². The predicted octanol–water partition coefficient (Wildman–Crippen LogP) is 21.9. The molecule has 5 unspecified atom stereocenters. The van der Waals surface area contributed by atoms with E-state index in [-0.39, 0.29) is 104 Å². The van der Waals surface area contributed by atoms with Crippen LogP contribution in [0.1, 0.15) is 348 Å². The maximum atomic E-state index is 16.0. The van der Waals surface area contributed by atoms with Crippen LogP contribution in [0.4, 0.5) is 5.82 Å². The number of thioether (sulfide) groups is 2. The highest BCUT2D eigenvalue weighted by Crippen LogP contribution is 2.53. The number of carbonyl (C=O) groups is 7. The van der Waals surface area contributed by atoms with E-state index < -0.39 is 64.0 Å². The monoisotopic (exact) mass is 1490 g/mol. The Kier molecular flexibility index (Phi) is 35.5. The second-order valence-corrected chi connectivity index (χ2v) is 39.6. The largest absolute Gasteiger partial charge is 0.481 e. The number of carboxylic acid groups (broad SMARTS) is 2. The fraction of sp³-hybridized carbons (Fsp3) is 0.814. The number of amidine groups is 1. The average Bonchev–Trinajstić information content (AvgIpc) is 1.69. The number of aromatic amines is 1. The minimum Gasteiger partial charge on any atom is -0.481 e. The maximum Gasteiger partial charge on any atom is 0.342 e. The highest BCUT2D eigenvalue weighted by atomic mass is 32.2. The van der Waals surface area contributed by atoms with Crippen LogP contribution in [0.5, 0.6) is 0 Å². The number of aliphatic imine (C=N–C) groups is 1. The van der Waals surface area contributed by atoms with Gasteiger partial charge in [0.2, 0.25) is 11.8 Å². The molecule has 0 radical (unpaired) electrons. The Morgan fingerprint density at radius 3 is 1.44 bits per heavy atom. The molecule has 16 nitrogen and oxygen atoms in total. The molecule has 3 aliphatic rings. The van der Waals surface area contributed by atoms with Crippen LogP contribution in [-0.4, -0.2) is 104 Å². The number of esters is 3. The van der Waals surface area contributed by atoms with E-state index in [0.29, 0.717) is 97.2 Å². The third kappa shape index (κ3) is 25.5. The van der Waals surface area contributed by atoms with Crippen molar-refractivity contribution in [3.8, 4) is 0 Å². The van der Waals surface area contributed by atoms with Gasteiger partial charge in [0.1, 0.15) is 40.2 Å². The fourth-order valence-electron chi connectivity index (χ4n) is 16.7. The molecule has 2 saturated carbocycles. The number of hydrogen-bond acceptors (Lipinski definition) is 13. The second-order valence-electron chi connectivity index (χ2n) is 37.2. The highest BCUT2D eigenvalue weighted by molar-refractivity contribution is 8.00. The van der Waals surface area contributed by atoms with Gasteiger partial charge < -0.3 is 40.0 Å². The molecule has 0 saturated heterocycles. The van der Waals surface area contributed by atoms with Gasteiger partial charge in [-0.15, -0.1) is 11.8 Å². The van der Waals surface area contributed by atoms with Crippen molar-refractivity contribution in [3.05, 3.63) is 33.7 Å². The summed E-state index contributed by atoms with van der Waals surface area (Å²) < 4.78 is 20.2. The molecular weight excluding hydrogens is 1350 g/mol. The molecule has 1 aliphatic heterocycles. The number of anilines is 1. The lowest BCUT2D eigenvalue weighted by atomic mass is 9.59. The zero-order valence-corrected chi connectivity index (χ0v) is 71.4. The van der Waals surface area contributed by atoms with E-state index in [4.69, 9.17) is 19.2 Å². The topological polar surface area (TPSA) is 240 Å². The summed E-state index contributed by atoms with van der Waals surface area (Å²) in [7, 11) is 0. The summed E-state index contributed by atoms with van der Waals surface area (Å²) in [4.78, 5) is 109. The Morgan fingerprint density at radius 1 is 0.577 bits per heavy atom. The van der Waals surface area contributed by atoms with E-state index in [1.807, 2.05) is 75.3 Å². The Bertz CT molecular complexity index is 3030. The first-order valence-electron chi connectivity index (χ1n) is 40.5. The van der Waals surface area contributed by atoms with Crippen molar-refractivity contribution >= 4 is 82.9 Å². The summed E-state index contributed by atoms with van der Waals surface area (Å²) >= 11 is 2.86. The Hall–Kier alpha value is -4.58. The summed E-state index contributed by atoms with van der Waals surface area (Å²) in [6.07, 6.45) is 20.0. The predicted molar refractivity (Wildman–Crippen MR) is 431 cm³/mol. The summed E-state index contributed by atoms with van der Waals surface area (Å²) in [5.74, 6) is -2.24. The van der Waals surface area contributed by atoms with Gasteiger partial charge in [-0.2, -0.15) is 11.8 Å². The molecule has 5 atom stereocenters. The van der Waals surface area contributed by atoms with Crippen LogP contribution in [0.25, 0.3) is 6.08 Å². The van der Waals surface area contributed by atoms with Gasteiger partial charge in [0.15, 0.2) is 0 Å². The van der Waals surface area contributed by atoms with E-state index in [0.717, 1.165) is 49.6 Å². The molecule has 594 valence electrons. The molecule has 1 aromatic heterocycles. The standard InChI is InChI=1S/C86H146N4O12S2/c1-26-31-32-33-34-35-36-37-38-39-45-103-53-84(24,25)79(99)100-44-40-42-85(27-2,28-3)77(97)89-72-68(75(95)101-70-58(80(12,13)14)47-56(10)48-59(70)81(15,16)17)66(54(6)7)62(87-72)51-63-67(55(8)9)69(76(96)102-71-60(82(18,19)20)49-57(11)50-61(71)83(21,22)23)73(88-63)90-78(98)86(29-4,30-5)43-41-46-104-64(74(93)94)52-65(91)92/h51,54-61,64,70-71,88H,26-50,52-53H2,1-25H3,(H,90,98)(H,91,92)(H,93,94)(H,87,89,97). The third-order valence-electron chi connectivity index (χ3n) is 23.7. The van der Waals surface area contributed by atoms with Gasteiger partial charge in [-0.1, -0.05) is 217 Å². The zero-order chi connectivity index (χ0) is 78.7. The Balaban J connectivity index is 1.92. The molecule has 1 aromatic rings. The number of amides is 2. The average molecular weight is 1490 g/mol. The smallest absolute Gasteiger partial charge is 0.342 e. The lowest BCUT2D eigenvalue weighted by Crippen LogP contribution is -2.50. The summed E-state index contributed by atoms with van der Waals surface area (Å²) in [6.45, 7) is 53.2. The van der Waals surface area contributed by atoms with Crippen LogP contribution in [0, 0.1) is 79.3 Å². The van der Waals surface area contributed by atoms with E-state index in [1.165, 1.54) is 57.8 Å². The summed E-state index contributed by atoms with van der Waals surface area (Å²) in [5.41, 5.74) is -1.28. The van der Waals surface area contributed by atoms with E-state index >= 15 is 19.2 Å². The number of aliphatic carboxylic acids is 2. The van der Waals surface area contributed by atoms with Gasteiger partial charge in [-0.3, -0.25) is 24.0 Å². The zero-order valence-electron chi connectivity index (χ0n) is 69.8. The number of aromatic nitrogens is 1. The van der Waals surface area contributed by atoms with Crippen molar-refractivity contribution < 1.29 is 58.0 Å². The lowest BCUT2D eigenvalue weighted by molar-refractivity contribution is -0.164. The molecule has 18 heteroatoms. The van der Waals surface area contributed by atoms with Gasteiger partial charge in [0.05, 0.1) is 24.1 Å².